The Morgan fingerprint density at radius 1 is 1.22 bits per heavy atom. The maximum absolute atomic E-state index is 13.0. The summed E-state index contributed by atoms with van der Waals surface area (Å²) >= 11 is 12.1. The number of allylic oxidation sites excluding steroid dienone is 2. The second kappa shape index (κ2) is 7.33. The molecular weight excluding hydrogens is 331 g/mol. The molecule has 120 valence electrons. The van der Waals surface area contributed by atoms with Crippen LogP contribution in [-0.4, -0.2) is 15.3 Å². The van der Waals surface area contributed by atoms with Crippen molar-refractivity contribution >= 4 is 34.7 Å². The summed E-state index contributed by atoms with van der Waals surface area (Å²) in [6.45, 7) is 0. The first-order chi connectivity index (χ1) is 11.1. The quantitative estimate of drug-likeness (QED) is 0.540. The average Bonchev–Trinajstić information content (AvgIpc) is 3.07. The Morgan fingerprint density at radius 2 is 2.00 bits per heavy atom. The van der Waals surface area contributed by atoms with E-state index in [1.807, 2.05) is 0 Å². The summed E-state index contributed by atoms with van der Waals surface area (Å²) in [5, 5.41) is 0.893. The number of hydrogen-bond acceptors (Lipinski definition) is 2. The van der Waals surface area contributed by atoms with E-state index in [9.17, 15) is 4.79 Å². The van der Waals surface area contributed by atoms with Gasteiger partial charge in [0.15, 0.2) is 0 Å². The molecule has 0 bridgehead atoms. The van der Waals surface area contributed by atoms with Crippen molar-refractivity contribution in [2.75, 3.05) is 0 Å². The standard InChI is InChI=1S/C18H18Cl2N2O/c19-14-6-7-15(16(20)11-14)18(23)17(22-9-8-21-12-22)10-13-4-2-1-3-5-13/h6-13H,1-5H2/b17-10-. The Labute approximate surface area is 145 Å². The third kappa shape index (κ3) is 3.85. The van der Waals surface area contributed by atoms with Gasteiger partial charge in [-0.25, -0.2) is 4.98 Å². The van der Waals surface area contributed by atoms with Crippen molar-refractivity contribution in [1.29, 1.82) is 0 Å². The third-order valence-corrected chi connectivity index (χ3v) is 4.78. The average molecular weight is 349 g/mol. The minimum atomic E-state index is -0.102. The molecule has 0 spiro atoms. The van der Waals surface area contributed by atoms with Crippen LogP contribution in [0.25, 0.3) is 5.70 Å². The Kier molecular flexibility index (Phi) is 5.19. The van der Waals surface area contributed by atoms with Crippen LogP contribution in [0.2, 0.25) is 10.0 Å². The number of Topliss-reactive ketones (excluding diaryl/α,β-unsaturated/α-hetero) is 1. The van der Waals surface area contributed by atoms with Gasteiger partial charge in [0.25, 0.3) is 0 Å². The van der Waals surface area contributed by atoms with Gasteiger partial charge in [-0.15, -0.1) is 0 Å². The highest BCUT2D eigenvalue weighted by atomic mass is 35.5. The molecule has 0 N–H and O–H groups in total. The van der Waals surface area contributed by atoms with E-state index in [-0.39, 0.29) is 5.78 Å². The number of hydrogen-bond donors (Lipinski definition) is 0. The van der Waals surface area contributed by atoms with Crippen LogP contribution >= 0.6 is 23.2 Å². The van der Waals surface area contributed by atoms with Gasteiger partial charge in [-0.05, 0) is 37.0 Å². The normalized spacial score (nSPS) is 16.5. The number of aromatic nitrogens is 2. The first kappa shape index (κ1) is 16.3. The molecule has 3 rings (SSSR count). The lowest BCUT2D eigenvalue weighted by Crippen LogP contribution is -2.12. The van der Waals surface area contributed by atoms with Crippen molar-refractivity contribution in [2.24, 2.45) is 5.92 Å². The maximum atomic E-state index is 13.0. The largest absolute Gasteiger partial charge is 0.303 e. The summed E-state index contributed by atoms with van der Waals surface area (Å²) in [7, 11) is 0. The summed E-state index contributed by atoms with van der Waals surface area (Å²) in [6, 6.07) is 4.97. The number of halogens is 2. The second-order valence-corrected chi connectivity index (χ2v) is 6.72. The molecule has 0 amide bonds. The van der Waals surface area contributed by atoms with Gasteiger partial charge in [-0.2, -0.15) is 0 Å². The zero-order valence-electron chi connectivity index (χ0n) is 12.7. The van der Waals surface area contributed by atoms with Gasteiger partial charge < -0.3 is 4.57 Å². The van der Waals surface area contributed by atoms with Crippen LogP contribution in [0.1, 0.15) is 42.5 Å². The smallest absolute Gasteiger partial charge is 0.210 e. The first-order valence-corrected chi connectivity index (χ1v) is 8.60. The van der Waals surface area contributed by atoms with Gasteiger partial charge >= 0.3 is 0 Å². The summed E-state index contributed by atoms with van der Waals surface area (Å²) in [6.07, 6.45) is 13.1. The molecule has 3 nitrogen and oxygen atoms in total. The summed E-state index contributed by atoms with van der Waals surface area (Å²) < 4.78 is 1.77. The minimum absolute atomic E-state index is 0.102. The molecule has 0 aliphatic heterocycles. The fourth-order valence-corrected chi connectivity index (χ4v) is 3.51. The number of carbonyl (C=O) groups is 1. The van der Waals surface area contributed by atoms with Crippen molar-refractivity contribution in [2.45, 2.75) is 32.1 Å². The number of nitrogens with zero attached hydrogens (tertiary/aromatic N) is 2. The molecule has 1 saturated carbocycles. The Hall–Kier alpha value is -1.58. The van der Waals surface area contributed by atoms with Crippen molar-refractivity contribution in [3.05, 3.63) is 58.6 Å². The van der Waals surface area contributed by atoms with Crippen LogP contribution in [0.4, 0.5) is 0 Å². The van der Waals surface area contributed by atoms with Crippen molar-refractivity contribution in [3.8, 4) is 0 Å². The number of benzene rings is 1. The monoisotopic (exact) mass is 348 g/mol. The van der Waals surface area contributed by atoms with Crippen molar-refractivity contribution < 1.29 is 4.79 Å². The number of imidazole rings is 1. The van der Waals surface area contributed by atoms with Gasteiger partial charge in [-0.3, -0.25) is 4.79 Å². The van der Waals surface area contributed by atoms with Gasteiger partial charge in [0.05, 0.1) is 17.0 Å². The van der Waals surface area contributed by atoms with E-state index < -0.39 is 0 Å². The van der Waals surface area contributed by atoms with Gasteiger partial charge in [-0.1, -0.05) is 48.5 Å². The van der Waals surface area contributed by atoms with Gasteiger partial charge in [0.1, 0.15) is 0 Å². The first-order valence-electron chi connectivity index (χ1n) is 7.85. The SMILES string of the molecule is O=C(/C(=C/C1CCCCC1)n1ccnc1)c1ccc(Cl)cc1Cl. The molecule has 1 aromatic carbocycles. The van der Waals surface area contributed by atoms with Gasteiger partial charge in [0, 0.05) is 23.0 Å². The van der Waals surface area contributed by atoms with Crippen molar-refractivity contribution in [1.82, 2.24) is 9.55 Å². The zero-order valence-corrected chi connectivity index (χ0v) is 14.2. The molecule has 23 heavy (non-hydrogen) atoms. The van der Waals surface area contributed by atoms with E-state index in [2.05, 4.69) is 11.1 Å². The topological polar surface area (TPSA) is 34.9 Å². The molecule has 1 heterocycles. The highest BCUT2D eigenvalue weighted by Gasteiger charge is 2.20. The van der Waals surface area contributed by atoms with E-state index in [4.69, 9.17) is 23.2 Å². The molecule has 1 aliphatic carbocycles. The number of carbonyl (C=O) groups excluding carboxylic acids is 1. The second-order valence-electron chi connectivity index (χ2n) is 5.87. The molecule has 0 radical (unpaired) electrons. The Bertz CT molecular complexity index is 717. The van der Waals surface area contributed by atoms with E-state index >= 15 is 0 Å². The molecule has 0 unspecified atom stereocenters. The molecule has 1 aliphatic rings. The predicted octanol–water partition coefficient (Wildman–Crippen LogP) is 5.49. The van der Waals surface area contributed by atoms with Crippen LogP contribution < -0.4 is 0 Å². The highest BCUT2D eigenvalue weighted by Crippen LogP contribution is 2.29. The molecule has 5 heteroatoms. The number of ketones is 1. The minimum Gasteiger partial charge on any atom is -0.303 e. The molecule has 0 atom stereocenters. The number of rotatable bonds is 4. The van der Waals surface area contributed by atoms with Crippen LogP contribution in [0.15, 0.2) is 43.0 Å². The molecule has 1 aromatic heterocycles. The van der Waals surface area contributed by atoms with E-state index in [1.54, 1.807) is 41.5 Å². The Morgan fingerprint density at radius 3 is 2.65 bits per heavy atom. The third-order valence-electron chi connectivity index (χ3n) is 4.23. The summed E-state index contributed by atoms with van der Waals surface area (Å²) in [4.78, 5) is 17.1. The molecule has 2 aromatic rings. The Balaban J connectivity index is 1.97. The fraction of sp³-hybridized carbons (Fsp3) is 0.333. The van der Waals surface area contributed by atoms with E-state index in [1.165, 1.54) is 19.3 Å². The van der Waals surface area contributed by atoms with Crippen LogP contribution in [0, 0.1) is 5.92 Å². The van der Waals surface area contributed by atoms with Crippen LogP contribution in [0.5, 0.6) is 0 Å². The molecule has 0 saturated heterocycles. The zero-order chi connectivity index (χ0) is 16.2. The lowest BCUT2D eigenvalue weighted by atomic mass is 9.88. The highest BCUT2D eigenvalue weighted by molar-refractivity contribution is 6.39. The summed E-state index contributed by atoms with van der Waals surface area (Å²) in [5.41, 5.74) is 1.07. The van der Waals surface area contributed by atoms with Gasteiger partial charge in [0.2, 0.25) is 5.78 Å². The van der Waals surface area contributed by atoms with Crippen molar-refractivity contribution in [3.63, 3.8) is 0 Å². The lowest BCUT2D eigenvalue weighted by molar-refractivity contribution is 0.105. The van der Waals surface area contributed by atoms with E-state index in [0.29, 0.717) is 27.2 Å². The molecule has 1 fully saturated rings. The lowest BCUT2D eigenvalue weighted by Gasteiger charge is -2.20. The fourth-order valence-electron chi connectivity index (χ4n) is 3.02. The summed E-state index contributed by atoms with van der Waals surface area (Å²) in [5.74, 6) is 0.325. The molecular formula is C18H18Cl2N2O. The van der Waals surface area contributed by atoms with Crippen LogP contribution in [0.3, 0.4) is 0 Å². The predicted molar refractivity (Wildman–Crippen MR) is 93.9 cm³/mol. The maximum Gasteiger partial charge on any atom is 0.210 e. The van der Waals surface area contributed by atoms with E-state index in [0.717, 1.165) is 12.8 Å². The van der Waals surface area contributed by atoms with Crippen LogP contribution in [-0.2, 0) is 0 Å².